The second-order valence-electron chi connectivity index (χ2n) is 5.86. The van der Waals surface area contributed by atoms with Gasteiger partial charge in [0.25, 0.3) is 0 Å². The van der Waals surface area contributed by atoms with Crippen molar-refractivity contribution in [2.24, 2.45) is 5.73 Å². The van der Waals surface area contributed by atoms with Gasteiger partial charge in [0, 0.05) is 18.7 Å². The zero-order valence-corrected chi connectivity index (χ0v) is 16.2. The third-order valence-electron chi connectivity index (χ3n) is 3.93. The summed E-state index contributed by atoms with van der Waals surface area (Å²) in [6.45, 7) is -0.0571. The van der Waals surface area contributed by atoms with E-state index in [2.05, 4.69) is 5.32 Å². The van der Waals surface area contributed by atoms with Crippen LogP contribution >= 0.6 is 12.4 Å². The molecular weight excluding hydrogens is 397 g/mol. The molecule has 0 spiro atoms. The lowest BCUT2D eigenvalue weighted by atomic mass is 10.1. The fourth-order valence-corrected chi connectivity index (χ4v) is 2.56. The minimum Gasteiger partial charge on any atom is -0.493 e. The number of halogens is 4. The highest BCUT2D eigenvalue weighted by atomic mass is 35.5. The topological polar surface area (TPSA) is 73.6 Å². The van der Waals surface area contributed by atoms with Crippen LogP contribution in [0, 0.1) is 0 Å². The molecule has 1 amide bonds. The smallest absolute Gasteiger partial charge is 0.416 e. The van der Waals surface area contributed by atoms with Crippen molar-refractivity contribution in [2.75, 3.05) is 19.5 Å². The summed E-state index contributed by atoms with van der Waals surface area (Å²) >= 11 is 0. The first kappa shape index (κ1) is 23.6. The Morgan fingerprint density at radius 1 is 1.04 bits per heavy atom. The molecule has 0 bridgehead atoms. The van der Waals surface area contributed by atoms with Crippen LogP contribution in [0.2, 0.25) is 0 Å². The zero-order chi connectivity index (χ0) is 20.0. The number of amides is 1. The van der Waals surface area contributed by atoms with E-state index in [0.29, 0.717) is 23.5 Å². The van der Waals surface area contributed by atoms with Crippen LogP contribution in [0.15, 0.2) is 36.4 Å². The number of carbonyl (C=O) groups excluding carboxylic acids is 1. The van der Waals surface area contributed by atoms with E-state index in [-0.39, 0.29) is 31.1 Å². The Morgan fingerprint density at radius 3 is 2.29 bits per heavy atom. The molecule has 9 heteroatoms. The predicted octanol–water partition coefficient (Wildman–Crippen LogP) is 4.17. The number of alkyl halides is 3. The Balaban J connectivity index is 0.00000392. The Bertz CT molecular complexity index is 813. The van der Waals surface area contributed by atoms with Crippen molar-refractivity contribution >= 4 is 24.0 Å². The number of methoxy groups -OCH3 is 2. The largest absolute Gasteiger partial charge is 0.493 e. The van der Waals surface area contributed by atoms with Gasteiger partial charge in [-0.2, -0.15) is 13.2 Å². The maximum Gasteiger partial charge on any atom is 0.416 e. The van der Waals surface area contributed by atoms with Crippen molar-refractivity contribution in [3.05, 3.63) is 53.1 Å². The molecule has 0 heterocycles. The Labute approximate surface area is 167 Å². The number of aryl methyl sites for hydroxylation is 1. The van der Waals surface area contributed by atoms with Crippen molar-refractivity contribution in [3.63, 3.8) is 0 Å². The van der Waals surface area contributed by atoms with E-state index in [1.807, 2.05) is 0 Å². The van der Waals surface area contributed by atoms with Crippen LogP contribution in [0.3, 0.4) is 0 Å². The van der Waals surface area contributed by atoms with Crippen LogP contribution in [-0.4, -0.2) is 20.1 Å². The molecule has 28 heavy (non-hydrogen) atoms. The summed E-state index contributed by atoms with van der Waals surface area (Å²) < 4.78 is 49.2. The number of hydrogen-bond acceptors (Lipinski definition) is 4. The van der Waals surface area contributed by atoms with Gasteiger partial charge in [0.2, 0.25) is 5.91 Å². The Kier molecular flexibility index (Phi) is 8.59. The number of carbonyl (C=O) groups is 1. The lowest BCUT2D eigenvalue weighted by Gasteiger charge is -2.13. The molecule has 0 aliphatic heterocycles. The second kappa shape index (κ2) is 10.2. The maximum absolute atomic E-state index is 12.9. The van der Waals surface area contributed by atoms with E-state index in [1.54, 1.807) is 18.2 Å². The minimum absolute atomic E-state index is 0. The van der Waals surface area contributed by atoms with Gasteiger partial charge in [0.15, 0.2) is 11.5 Å². The molecule has 2 aromatic carbocycles. The molecule has 0 aliphatic carbocycles. The normalized spacial score (nSPS) is 10.8. The van der Waals surface area contributed by atoms with Gasteiger partial charge in [-0.3, -0.25) is 4.79 Å². The molecule has 3 N–H and O–H groups in total. The summed E-state index contributed by atoms with van der Waals surface area (Å²) in [4.78, 5) is 12.1. The number of nitrogens with one attached hydrogen (secondary N) is 1. The SMILES string of the molecule is COc1ccc(CCC(=O)Nc2cc(CN)cc(C(F)(F)F)c2)cc1OC.Cl. The van der Waals surface area contributed by atoms with Gasteiger partial charge in [0.05, 0.1) is 19.8 Å². The second-order valence-corrected chi connectivity index (χ2v) is 5.86. The summed E-state index contributed by atoms with van der Waals surface area (Å²) in [5.74, 6) is 0.719. The summed E-state index contributed by atoms with van der Waals surface area (Å²) in [5, 5.41) is 2.50. The van der Waals surface area contributed by atoms with Crippen molar-refractivity contribution in [1.82, 2.24) is 0 Å². The zero-order valence-electron chi connectivity index (χ0n) is 15.4. The van der Waals surface area contributed by atoms with Crippen LogP contribution in [0.5, 0.6) is 11.5 Å². The molecule has 154 valence electrons. The van der Waals surface area contributed by atoms with Crippen molar-refractivity contribution < 1.29 is 27.4 Å². The highest BCUT2D eigenvalue weighted by molar-refractivity contribution is 5.91. The Morgan fingerprint density at radius 2 is 1.71 bits per heavy atom. The van der Waals surface area contributed by atoms with E-state index in [4.69, 9.17) is 15.2 Å². The molecule has 5 nitrogen and oxygen atoms in total. The summed E-state index contributed by atoms with van der Waals surface area (Å²) in [5.41, 5.74) is 5.80. The fourth-order valence-electron chi connectivity index (χ4n) is 2.56. The molecule has 2 aromatic rings. The molecule has 2 rings (SSSR count). The van der Waals surface area contributed by atoms with E-state index in [0.717, 1.165) is 17.7 Å². The molecule has 0 atom stereocenters. The molecule has 0 radical (unpaired) electrons. The molecular formula is C19H22ClF3N2O3. The van der Waals surface area contributed by atoms with Gasteiger partial charge in [0.1, 0.15) is 0 Å². The highest BCUT2D eigenvalue weighted by Gasteiger charge is 2.31. The van der Waals surface area contributed by atoms with Gasteiger partial charge in [-0.25, -0.2) is 0 Å². The molecule has 0 aliphatic rings. The van der Waals surface area contributed by atoms with E-state index in [1.165, 1.54) is 20.3 Å². The van der Waals surface area contributed by atoms with Crippen LogP contribution in [0.25, 0.3) is 0 Å². The quantitative estimate of drug-likeness (QED) is 0.707. The number of rotatable bonds is 7. The standard InChI is InChI=1S/C19H21F3N2O3.ClH/c1-26-16-5-3-12(9-17(16)27-2)4-6-18(25)24-15-8-13(11-23)7-14(10-15)19(20,21)22;/h3,5,7-10H,4,6,11,23H2,1-2H3,(H,24,25);1H. The monoisotopic (exact) mass is 418 g/mol. The van der Waals surface area contributed by atoms with Crippen molar-refractivity contribution in [2.45, 2.75) is 25.6 Å². The number of hydrogen-bond donors (Lipinski definition) is 2. The fraction of sp³-hybridized carbons (Fsp3) is 0.316. The maximum atomic E-state index is 12.9. The number of ether oxygens (including phenoxy) is 2. The average molecular weight is 419 g/mol. The van der Waals surface area contributed by atoms with E-state index >= 15 is 0 Å². The van der Waals surface area contributed by atoms with Crippen LogP contribution in [-0.2, 0) is 23.9 Å². The summed E-state index contributed by atoms with van der Waals surface area (Å²) in [6, 6.07) is 8.58. The first-order valence-electron chi connectivity index (χ1n) is 8.18. The third kappa shape index (κ3) is 6.31. The van der Waals surface area contributed by atoms with Gasteiger partial charge in [-0.05, 0) is 47.9 Å². The first-order chi connectivity index (χ1) is 12.8. The number of benzene rings is 2. The summed E-state index contributed by atoms with van der Waals surface area (Å²) in [6.07, 6.45) is -4.01. The van der Waals surface area contributed by atoms with Crippen molar-refractivity contribution in [3.8, 4) is 11.5 Å². The van der Waals surface area contributed by atoms with E-state index in [9.17, 15) is 18.0 Å². The van der Waals surface area contributed by atoms with Gasteiger partial charge < -0.3 is 20.5 Å². The molecule has 0 saturated heterocycles. The molecule has 0 saturated carbocycles. The van der Waals surface area contributed by atoms with Crippen molar-refractivity contribution in [1.29, 1.82) is 0 Å². The Hall–Kier alpha value is -2.45. The van der Waals surface area contributed by atoms with Crippen LogP contribution in [0.1, 0.15) is 23.1 Å². The van der Waals surface area contributed by atoms with Gasteiger partial charge >= 0.3 is 6.18 Å². The molecule has 0 fully saturated rings. The predicted molar refractivity (Wildman–Crippen MR) is 103 cm³/mol. The van der Waals surface area contributed by atoms with Crippen LogP contribution < -0.4 is 20.5 Å². The molecule has 0 unspecified atom stereocenters. The van der Waals surface area contributed by atoms with E-state index < -0.39 is 17.6 Å². The van der Waals surface area contributed by atoms with Gasteiger partial charge in [-0.15, -0.1) is 12.4 Å². The van der Waals surface area contributed by atoms with Crippen LogP contribution in [0.4, 0.5) is 18.9 Å². The highest BCUT2D eigenvalue weighted by Crippen LogP contribution is 2.32. The average Bonchev–Trinajstić information content (AvgIpc) is 2.65. The lowest BCUT2D eigenvalue weighted by Crippen LogP contribution is -2.14. The number of nitrogens with two attached hydrogens (primary N) is 1. The third-order valence-corrected chi connectivity index (χ3v) is 3.93. The number of anilines is 1. The molecule has 0 aromatic heterocycles. The summed E-state index contributed by atoms with van der Waals surface area (Å²) in [7, 11) is 3.03. The van der Waals surface area contributed by atoms with Gasteiger partial charge in [-0.1, -0.05) is 6.07 Å². The first-order valence-corrected chi connectivity index (χ1v) is 8.18. The lowest BCUT2D eigenvalue weighted by molar-refractivity contribution is -0.137. The minimum atomic E-state index is -4.51.